The first-order chi connectivity index (χ1) is 15.4. The minimum absolute atomic E-state index is 0.0487. The van der Waals surface area contributed by atoms with Crippen LogP contribution in [0.15, 0.2) is 89.7 Å². The third-order valence-corrected chi connectivity index (χ3v) is 5.13. The number of amides is 1. The molecule has 2 N–H and O–H groups in total. The van der Waals surface area contributed by atoms with Crippen molar-refractivity contribution in [3.63, 3.8) is 0 Å². The Morgan fingerprint density at radius 1 is 0.875 bits per heavy atom. The van der Waals surface area contributed by atoms with Crippen molar-refractivity contribution in [2.45, 2.75) is 6.92 Å². The lowest BCUT2D eigenvalue weighted by atomic mass is 10.0. The number of H-pyrrole nitrogens is 1. The number of aromatic nitrogens is 1. The van der Waals surface area contributed by atoms with Gasteiger partial charge in [-0.25, -0.2) is 0 Å². The lowest BCUT2D eigenvalue weighted by Gasteiger charge is -2.09. The summed E-state index contributed by atoms with van der Waals surface area (Å²) in [6.07, 6.45) is 0. The maximum Gasteiger partial charge on any atom is 0.269 e. The summed E-state index contributed by atoms with van der Waals surface area (Å²) >= 11 is 0. The van der Waals surface area contributed by atoms with Crippen molar-refractivity contribution in [2.24, 2.45) is 0 Å². The van der Waals surface area contributed by atoms with Crippen LogP contribution >= 0.6 is 0 Å². The largest absolute Gasteiger partial charge is 0.322 e. The van der Waals surface area contributed by atoms with Gasteiger partial charge in [0.1, 0.15) is 5.56 Å². The highest BCUT2D eigenvalue weighted by atomic mass is 16.6. The van der Waals surface area contributed by atoms with E-state index in [2.05, 4.69) is 10.3 Å². The molecule has 0 spiro atoms. The number of nitro benzene ring substituents is 1. The van der Waals surface area contributed by atoms with E-state index >= 15 is 0 Å². The van der Waals surface area contributed by atoms with Crippen LogP contribution in [0.2, 0.25) is 0 Å². The van der Waals surface area contributed by atoms with Crippen LogP contribution in [0, 0.1) is 17.0 Å². The molecule has 0 atom stereocenters. The van der Waals surface area contributed by atoms with Gasteiger partial charge >= 0.3 is 0 Å². The fourth-order valence-corrected chi connectivity index (χ4v) is 3.39. The van der Waals surface area contributed by atoms with Gasteiger partial charge in [0.2, 0.25) is 0 Å². The molecule has 0 bridgehead atoms. The Morgan fingerprint density at radius 3 is 2.16 bits per heavy atom. The summed E-state index contributed by atoms with van der Waals surface area (Å²) < 4.78 is 0. The van der Waals surface area contributed by atoms with E-state index in [1.165, 1.54) is 24.3 Å². The SMILES string of the molecule is Cc1cc([N+](=O)[O-])ccc1NC(=O)c1ccc(-c2ccc(-c3ccccc3)cc2)[nH]c1=O. The van der Waals surface area contributed by atoms with Crippen molar-refractivity contribution >= 4 is 17.3 Å². The van der Waals surface area contributed by atoms with E-state index in [1.54, 1.807) is 13.0 Å². The molecule has 1 amide bonds. The highest BCUT2D eigenvalue weighted by molar-refractivity contribution is 6.04. The number of hydrogen-bond donors (Lipinski definition) is 2. The van der Waals surface area contributed by atoms with Crippen LogP contribution in [0.25, 0.3) is 22.4 Å². The molecular formula is C25H19N3O4. The van der Waals surface area contributed by atoms with Gasteiger partial charge < -0.3 is 10.3 Å². The van der Waals surface area contributed by atoms with Crippen LogP contribution < -0.4 is 10.9 Å². The molecule has 0 aliphatic rings. The van der Waals surface area contributed by atoms with Crippen LogP contribution in [0.4, 0.5) is 11.4 Å². The molecule has 7 nitrogen and oxygen atoms in total. The van der Waals surface area contributed by atoms with E-state index in [0.717, 1.165) is 16.7 Å². The van der Waals surface area contributed by atoms with Crippen molar-refractivity contribution in [3.8, 4) is 22.4 Å². The minimum Gasteiger partial charge on any atom is -0.322 e. The standard InChI is InChI=1S/C25H19N3O4/c1-16-15-20(28(31)32)11-13-22(16)26-24(29)21-12-14-23(27-25(21)30)19-9-7-18(8-10-19)17-5-3-2-4-6-17/h2-15H,1H3,(H,26,29)(H,27,30). The Balaban J connectivity index is 1.54. The highest BCUT2D eigenvalue weighted by Crippen LogP contribution is 2.24. The van der Waals surface area contributed by atoms with Gasteiger partial charge in [0, 0.05) is 23.5 Å². The Morgan fingerprint density at radius 2 is 1.53 bits per heavy atom. The predicted octanol–water partition coefficient (Wildman–Crippen LogP) is 5.18. The van der Waals surface area contributed by atoms with Gasteiger partial charge in [-0.1, -0.05) is 54.6 Å². The van der Waals surface area contributed by atoms with Gasteiger partial charge in [0.15, 0.2) is 0 Å². The van der Waals surface area contributed by atoms with Crippen LogP contribution in [-0.2, 0) is 0 Å². The number of carbonyl (C=O) groups excluding carboxylic acids is 1. The second-order valence-corrected chi connectivity index (χ2v) is 7.27. The number of aromatic amines is 1. The van der Waals surface area contributed by atoms with Gasteiger partial charge in [-0.05, 0) is 47.4 Å². The monoisotopic (exact) mass is 425 g/mol. The molecule has 3 aromatic carbocycles. The lowest BCUT2D eigenvalue weighted by molar-refractivity contribution is -0.384. The average Bonchev–Trinajstić information content (AvgIpc) is 2.80. The fourth-order valence-electron chi connectivity index (χ4n) is 3.39. The van der Waals surface area contributed by atoms with E-state index in [0.29, 0.717) is 16.9 Å². The Bertz CT molecular complexity index is 1360. The number of carbonyl (C=O) groups is 1. The van der Waals surface area contributed by atoms with Crippen molar-refractivity contribution in [1.29, 1.82) is 0 Å². The number of anilines is 1. The van der Waals surface area contributed by atoms with Crippen LogP contribution in [0.1, 0.15) is 15.9 Å². The quantitative estimate of drug-likeness (QED) is 0.340. The minimum atomic E-state index is -0.589. The topological polar surface area (TPSA) is 105 Å². The van der Waals surface area contributed by atoms with Crippen LogP contribution in [0.3, 0.4) is 0 Å². The average molecular weight is 425 g/mol. The zero-order chi connectivity index (χ0) is 22.7. The molecule has 0 aliphatic carbocycles. The number of aryl methyl sites for hydroxylation is 1. The molecule has 32 heavy (non-hydrogen) atoms. The number of hydrogen-bond acceptors (Lipinski definition) is 4. The maximum atomic E-state index is 12.6. The molecule has 7 heteroatoms. The second-order valence-electron chi connectivity index (χ2n) is 7.27. The molecule has 1 heterocycles. The third kappa shape index (κ3) is 4.32. The predicted molar refractivity (Wildman–Crippen MR) is 124 cm³/mol. The summed E-state index contributed by atoms with van der Waals surface area (Å²) in [7, 11) is 0. The fraction of sp³-hybridized carbons (Fsp3) is 0.0400. The number of nitrogens with zero attached hydrogens (tertiary/aromatic N) is 1. The van der Waals surface area contributed by atoms with Gasteiger partial charge in [-0.3, -0.25) is 19.7 Å². The summed E-state index contributed by atoms with van der Waals surface area (Å²) in [6.45, 7) is 1.65. The highest BCUT2D eigenvalue weighted by Gasteiger charge is 2.15. The molecule has 1 aromatic heterocycles. The summed E-state index contributed by atoms with van der Waals surface area (Å²) in [6, 6.07) is 25.0. The molecule has 158 valence electrons. The first kappa shape index (κ1) is 20.7. The summed E-state index contributed by atoms with van der Waals surface area (Å²) in [5.41, 5.74) is 3.87. The Labute approximate surface area is 183 Å². The van der Waals surface area contributed by atoms with Crippen LogP contribution in [-0.4, -0.2) is 15.8 Å². The molecule has 0 aliphatic heterocycles. The van der Waals surface area contributed by atoms with Gasteiger partial charge in [-0.15, -0.1) is 0 Å². The molecule has 0 saturated heterocycles. The van der Waals surface area contributed by atoms with Gasteiger partial charge in [0.05, 0.1) is 4.92 Å². The first-order valence-corrected chi connectivity index (χ1v) is 9.88. The van der Waals surface area contributed by atoms with Gasteiger partial charge in [0.25, 0.3) is 17.2 Å². The van der Waals surface area contributed by atoms with E-state index in [-0.39, 0.29) is 11.3 Å². The number of rotatable bonds is 5. The number of nitrogens with one attached hydrogen (secondary N) is 2. The zero-order valence-corrected chi connectivity index (χ0v) is 17.2. The number of pyridine rings is 1. The number of benzene rings is 3. The van der Waals surface area contributed by atoms with E-state index in [9.17, 15) is 19.7 Å². The summed E-state index contributed by atoms with van der Waals surface area (Å²) in [5, 5.41) is 13.5. The molecular weight excluding hydrogens is 406 g/mol. The van der Waals surface area contributed by atoms with Gasteiger partial charge in [-0.2, -0.15) is 0 Å². The van der Waals surface area contributed by atoms with Crippen molar-refractivity contribution < 1.29 is 9.72 Å². The molecule has 0 saturated carbocycles. The number of nitro groups is 1. The van der Waals surface area contributed by atoms with E-state index in [1.807, 2.05) is 54.6 Å². The smallest absolute Gasteiger partial charge is 0.269 e. The summed E-state index contributed by atoms with van der Waals surface area (Å²) in [5.74, 6) is -0.589. The van der Waals surface area contributed by atoms with Crippen molar-refractivity contribution in [1.82, 2.24) is 4.98 Å². The summed E-state index contributed by atoms with van der Waals surface area (Å²) in [4.78, 5) is 38.3. The Hall–Kier alpha value is -4.52. The molecule has 4 rings (SSSR count). The molecule has 0 radical (unpaired) electrons. The zero-order valence-electron chi connectivity index (χ0n) is 17.2. The number of non-ortho nitro benzene ring substituents is 1. The van der Waals surface area contributed by atoms with Crippen LogP contribution in [0.5, 0.6) is 0 Å². The third-order valence-electron chi connectivity index (χ3n) is 5.13. The second kappa shape index (κ2) is 8.69. The normalized spacial score (nSPS) is 10.5. The van der Waals surface area contributed by atoms with E-state index < -0.39 is 16.4 Å². The molecule has 0 fully saturated rings. The lowest BCUT2D eigenvalue weighted by Crippen LogP contribution is -2.23. The van der Waals surface area contributed by atoms with E-state index in [4.69, 9.17) is 0 Å². The Kier molecular flexibility index (Phi) is 5.63. The maximum absolute atomic E-state index is 12.6. The van der Waals surface area contributed by atoms with Crippen molar-refractivity contribution in [3.05, 3.63) is 117 Å². The molecule has 0 unspecified atom stereocenters. The molecule has 4 aromatic rings. The van der Waals surface area contributed by atoms with Crippen molar-refractivity contribution in [2.75, 3.05) is 5.32 Å². The first-order valence-electron chi connectivity index (χ1n) is 9.88.